The molecule has 0 aromatic heterocycles. The summed E-state index contributed by atoms with van der Waals surface area (Å²) < 4.78 is 0. The number of carbonyl (C=O) groups excluding carboxylic acids is 1. The third kappa shape index (κ3) is 8.19. The molecule has 0 aliphatic heterocycles. The summed E-state index contributed by atoms with van der Waals surface area (Å²) >= 11 is 0.599. The van der Waals surface area contributed by atoms with Crippen molar-refractivity contribution in [3.8, 4) is 0 Å². The molecule has 0 spiro atoms. The molecule has 0 saturated carbocycles. The normalized spacial score (nSPS) is 9.56. The quantitative estimate of drug-likeness (QED) is 0.481. The van der Waals surface area contributed by atoms with Crippen LogP contribution in [0, 0.1) is 0 Å². The second kappa shape index (κ2) is 6.31. The van der Waals surface area contributed by atoms with Crippen molar-refractivity contribution in [3.05, 3.63) is 0 Å². The van der Waals surface area contributed by atoms with Crippen molar-refractivity contribution in [1.29, 1.82) is 0 Å². The monoisotopic (exact) mass is 194 g/mol. The van der Waals surface area contributed by atoms with Gasteiger partial charge in [-0.25, -0.2) is 0 Å². The third-order valence-corrected chi connectivity index (χ3v) is 3.44. The van der Waals surface area contributed by atoms with E-state index in [9.17, 15) is 4.79 Å². The molecular formula is C7H14OSe. The summed E-state index contributed by atoms with van der Waals surface area (Å²) in [7, 11) is 0. The van der Waals surface area contributed by atoms with E-state index in [-0.39, 0.29) is 0 Å². The molecule has 9 heavy (non-hydrogen) atoms. The Morgan fingerprint density at radius 1 is 1.56 bits per heavy atom. The molecule has 0 amide bonds. The molecule has 0 radical (unpaired) electrons. The maximum absolute atomic E-state index is 10.4. The Morgan fingerprint density at radius 3 is 2.67 bits per heavy atom. The molecule has 2 heteroatoms. The topological polar surface area (TPSA) is 17.1 Å². The van der Waals surface area contributed by atoms with Crippen LogP contribution in [0.3, 0.4) is 0 Å². The first-order chi connectivity index (χ1) is 4.27. The van der Waals surface area contributed by atoms with Crippen LogP contribution >= 0.6 is 0 Å². The standard InChI is InChI=1S/C7H14OSe/c1-3-4-5-9-6-7(2)8/h3-6H2,1-2H3. The zero-order chi connectivity index (χ0) is 7.11. The molecule has 0 saturated heterocycles. The average molecular weight is 193 g/mol. The van der Waals surface area contributed by atoms with Crippen molar-refractivity contribution in [1.82, 2.24) is 0 Å². The van der Waals surface area contributed by atoms with Crippen LogP contribution in [0.25, 0.3) is 0 Å². The van der Waals surface area contributed by atoms with Crippen LogP contribution in [-0.4, -0.2) is 20.7 Å². The van der Waals surface area contributed by atoms with Crippen molar-refractivity contribution in [3.63, 3.8) is 0 Å². The Morgan fingerprint density at radius 2 is 2.22 bits per heavy atom. The number of carbonyl (C=O) groups is 1. The zero-order valence-corrected chi connectivity index (χ0v) is 7.86. The Kier molecular flexibility index (Phi) is 6.44. The number of rotatable bonds is 5. The van der Waals surface area contributed by atoms with Crippen molar-refractivity contribution in [2.75, 3.05) is 0 Å². The van der Waals surface area contributed by atoms with Crippen molar-refractivity contribution >= 4 is 20.7 Å². The van der Waals surface area contributed by atoms with Crippen LogP contribution in [0.2, 0.25) is 10.6 Å². The van der Waals surface area contributed by atoms with Gasteiger partial charge in [-0.15, -0.1) is 0 Å². The van der Waals surface area contributed by atoms with Crippen LogP contribution in [0.1, 0.15) is 26.7 Å². The molecule has 0 rings (SSSR count). The first-order valence-electron chi connectivity index (χ1n) is 3.34. The molecule has 0 aliphatic rings. The van der Waals surface area contributed by atoms with E-state index in [4.69, 9.17) is 0 Å². The van der Waals surface area contributed by atoms with E-state index in [0.717, 1.165) is 5.32 Å². The molecule has 0 N–H and O–H groups in total. The van der Waals surface area contributed by atoms with Gasteiger partial charge in [-0.3, -0.25) is 0 Å². The van der Waals surface area contributed by atoms with E-state index in [2.05, 4.69) is 6.92 Å². The van der Waals surface area contributed by atoms with E-state index < -0.39 is 0 Å². The van der Waals surface area contributed by atoms with Crippen LogP contribution < -0.4 is 0 Å². The minimum absolute atomic E-state index is 0.353. The molecule has 0 aromatic carbocycles. The second-order valence-electron chi connectivity index (χ2n) is 2.11. The number of unbranched alkanes of at least 4 members (excludes halogenated alkanes) is 1. The minimum atomic E-state index is 0.353. The fraction of sp³-hybridized carbons (Fsp3) is 0.857. The number of ketones is 1. The third-order valence-electron chi connectivity index (χ3n) is 0.948. The van der Waals surface area contributed by atoms with Gasteiger partial charge < -0.3 is 0 Å². The molecule has 0 heterocycles. The zero-order valence-electron chi connectivity index (χ0n) is 6.14. The van der Waals surface area contributed by atoms with Gasteiger partial charge in [-0.1, -0.05) is 0 Å². The van der Waals surface area contributed by atoms with Gasteiger partial charge in [-0.2, -0.15) is 0 Å². The first kappa shape index (κ1) is 9.19. The summed E-state index contributed by atoms with van der Waals surface area (Å²) in [6.45, 7) is 3.86. The van der Waals surface area contributed by atoms with Crippen LogP contribution in [0.4, 0.5) is 0 Å². The van der Waals surface area contributed by atoms with E-state index >= 15 is 0 Å². The summed E-state index contributed by atoms with van der Waals surface area (Å²) in [4.78, 5) is 10.4. The van der Waals surface area contributed by atoms with Crippen LogP contribution in [-0.2, 0) is 4.79 Å². The summed E-state index contributed by atoms with van der Waals surface area (Å²) in [5, 5.41) is 2.12. The average Bonchev–Trinajstić information content (AvgIpc) is 1.80. The van der Waals surface area contributed by atoms with Gasteiger partial charge in [0.1, 0.15) is 0 Å². The fourth-order valence-electron chi connectivity index (χ4n) is 0.462. The second-order valence-corrected chi connectivity index (χ2v) is 4.43. The van der Waals surface area contributed by atoms with Crippen LogP contribution in [0.5, 0.6) is 0 Å². The predicted molar refractivity (Wildman–Crippen MR) is 41.0 cm³/mol. The first-order valence-corrected chi connectivity index (χ1v) is 5.76. The van der Waals surface area contributed by atoms with Gasteiger partial charge in [0, 0.05) is 0 Å². The van der Waals surface area contributed by atoms with Gasteiger partial charge in [0.2, 0.25) is 0 Å². The number of hydrogen-bond acceptors (Lipinski definition) is 1. The molecular weight excluding hydrogens is 179 g/mol. The van der Waals surface area contributed by atoms with Crippen molar-refractivity contribution in [2.24, 2.45) is 0 Å². The molecule has 0 bridgehead atoms. The van der Waals surface area contributed by atoms with E-state index in [0.29, 0.717) is 20.7 Å². The molecule has 0 aromatic rings. The molecule has 0 atom stereocenters. The number of hydrogen-bond donors (Lipinski definition) is 0. The maximum atomic E-state index is 10.4. The SMILES string of the molecule is CCCC[Se]CC(C)=O. The summed E-state index contributed by atoms with van der Waals surface area (Å²) in [5.74, 6) is 0.353. The molecule has 0 unspecified atom stereocenters. The number of Topliss-reactive ketones (excluding diaryl/α,β-unsaturated/α-hetero) is 1. The van der Waals surface area contributed by atoms with Gasteiger partial charge in [0.15, 0.2) is 0 Å². The molecule has 0 aliphatic carbocycles. The summed E-state index contributed by atoms with van der Waals surface area (Å²) in [5.41, 5.74) is 0. The van der Waals surface area contributed by atoms with Gasteiger partial charge in [-0.05, 0) is 0 Å². The van der Waals surface area contributed by atoms with Gasteiger partial charge in [0.05, 0.1) is 0 Å². The predicted octanol–water partition coefficient (Wildman–Crippen LogP) is 1.92. The van der Waals surface area contributed by atoms with E-state index in [1.165, 1.54) is 18.2 Å². The Balaban J connectivity index is 2.83. The Hall–Kier alpha value is 0.189. The summed E-state index contributed by atoms with van der Waals surface area (Å²) in [6, 6.07) is 0. The van der Waals surface area contributed by atoms with E-state index in [1.54, 1.807) is 6.92 Å². The van der Waals surface area contributed by atoms with Crippen LogP contribution in [0.15, 0.2) is 0 Å². The molecule has 0 fully saturated rings. The van der Waals surface area contributed by atoms with E-state index in [1.807, 2.05) is 0 Å². The molecule has 54 valence electrons. The summed E-state index contributed by atoms with van der Waals surface area (Å²) in [6.07, 6.45) is 2.56. The van der Waals surface area contributed by atoms with Gasteiger partial charge in [0.25, 0.3) is 0 Å². The fourth-order valence-corrected chi connectivity index (χ4v) is 2.40. The van der Waals surface area contributed by atoms with Crippen molar-refractivity contribution < 1.29 is 4.79 Å². The Labute approximate surface area is 63.4 Å². The Bertz CT molecular complexity index is 81.0. The molecule has 1 nitrogen and oxygen atoms in total. The van der Waals surface area contributed by atoms with Crippen molar-refractivity contribution in [2.45, 2.75) is 37.3 Å². The van der Waals surface area contributed by atoms with Gasteiger partial charge >= 0.3 is 62.9 Å².